The maximum absolute atomic E-state index is 11.1. The minimum absolute atomic E-state index is 0.0567. The molecule has 1 aromatic rings. The van der Waals surface area contributed by atoms with Crippen molar-refractivity contribution >= 4 is 5.97 Å². The summed E-state index contributed by atoms with van der Waals surface area (Å²) in [4.78, 5) is 24.0. The van der Waals surface area contributed by atoms with Crippen LogP contribution in [0, 0.1) is 24.2 Å². The highest BCUT2D eigenvalue weighted by Crippen LogP contribution is 2.22. The Morgan fingerprint density at radius 2 is 2.41 bits per heavy atom. The van der Waals surface area contributed by atoms with Gasteiger partial charge in [0, 0.05) is 0 Å². The maximum atomic E-state index is 11.1. The number of nitrogens with one attached hydrogen (secondary N) is 1. The van der Waals surface area contributed by atoms with Crippen molar-refractivity contribution in [3.8, 4) is 6.07 Å². The summed E-state index contributed by atoms with van der Waals surface area (Å²) in [5.41, 5.74) is 0. The van der Waals surface area contributed by atoms with E-state index in [-0.39, 0.29) is 12.4 Å². The first-order valence-corrected chi connectivity index (χ1v) is 4.77. The Labute approximate surface area is 97.1 Å². The highest BCUT2D eigenvalue weighted by atomic mass is 17.2. The van der Waals surface area contributed by atoms with Gasteiger partial charge in [-0.2, -0.15) is 10.4 Å². The van der Waals surface area contributed by atoms with Gasteiger partial charge in [0.05, 0.1) is 25.7 Å². The van der Waals surface area contributed by atoms with E-state index in [2.05, 4.69) is 25.0 Å². The standard InChI is InChI=1S/C9H12N4O4/c1-5-11-8(13-12-5)7(9(14)15)6(3-10)4-17-16-2/h6-7H,4H2,1-2H3,(H,14,15)(H,11,12,13). The van der Waals surface area contributed by atoms with Crippen molar-refractivity contribution in [2.75, 3.05) is 13.7 Å². The molecule has 92 valence electrons. The molecule has 0 aliphatic rings. The lowest BCUT2D eigenvalue weighted by molar-refractivity contribution is -0.277. The van der Waals surface area contributed by atoms with Gasteiger partial charge in [0.15, 0.2) is 5.82 Å². The molecule has 0 spiro atoms. The van der Waals surface area contributed by atoms with E-state index < -0.39 is 17.8 Å². The minimum atomic E-state index is -1.18. The Bertz CT molecular complexity index is 425. The van der Waals surface area contributed by atoms with Crippen LogP contribution in [0.4, 0.5) is 0 Å². The number of carboxylic acid groups (broad SMARTS) is 1. The Balaban J connectivity index is 2.92. The summed E-state index contributed by atoms with van der Waals surface area (Å²) < 4.78 is 0. The molecule has 2 N–H and O–H groups in total. The van der Waals surface area contributed by atoms with Crippen LogP contribution >= 0.6 is 0 Å². The number of aromatic nitrogens is 3. The molecule has 1 heterocycles. The number of carbonyl (C=O) groups is 1. The Hall–Kier alpha value is -1.98. The summed E-state index contributed by atoms with van der Waals surface area (Å²) >= 11 is 0. The van der Waals surface area contributed by atoms with Crippen LogP contribution in [0.5, 0.6) is 0 Å². The van der Waals surface area contributed by atoms with E-state index in [9.17, 15) is 4.79 Å². The highest BCUT2D eigenvalue weighted by Gasteiger charge is 2.33. The van der Waals surface area contributed by atoms with Crippen molar-refractivity contribution in [3.05, 3.63) is 11.6 Å². The second-order valence-electron chi connectivity index (χ2n) is 3.28. The molecule has 1 aromatic heterocycles. The molecular weight excluding hydrogens is 228 g/mol. The number of aromatic amines is 1. The van der Waals surface area contributed by atoms with E-state index in [1.165, 1.54) is 7.11 Å². The summed E-state index contributed by atoms with van der Waals surface area (Å²) in [6.07, 6.45) is 0. The number of nitriles is 1. The number of H-pyrrole nitrogens is 1. The topological polar surface area (TPSA) is 121 Å². The van der Waals surface area contributed by atoms with Crippen LogP contribution in [0.1, 0.15) is 17.6 Å². The number of carboxylic acids is 1. The third-order valence-electron chi connectivity index (χ3n) is 2.09. The average molecular weight is 240 g/mol. The first kappa shape index (κ1) is 13.1. The van der Waals surface area contributed by atoms with E-state index >= 15 is 0 Å². The van der Waals surface area contributed by atoms with Gasteiger partial charge in [-0.25, -0.2) is 14.8 Å². The number of rotatable bonds is 6. The quantitative estimate of drug-likeness (QED) is 0.530. The maximum Gasteiger partial charge on any atom is 0.315 e. The zero-order chi connectivity index (χ0) is 12.8. The van der Waals surface area contributed by atoms with Gasteiger partial charge in [-0.1, -0.05) is 0 Å². The summed E-state index contributed by atoms with van der Waals surface area (Å²) in [5.74, 6) is -2.73. The van der Waals surface area contributed by atoms with Gasteiger partial charge < -0.3 is 5.11 Å². The normalized spacial score (nSPS) is 13.9. The second kappa shape index (κ2) is 5.93. The fourth-order valence-electron chi connectivity index (χ4n) is 1.31. The third-order valence-corrected chi connectivity index (χ3v) is 2.09. The molecule has 2 unspecified atom stereocenters. The smallest absolute Gasteiger partial charge is 0.315 e. The monoisotopic (exact) mass is 240 g/mol. The van der Waals surface area contributed by atoms with Gasteiger partial charge in [0.2, 0.25) is 0 Å². The number of hydrogen-bond donors (Lipinski definition) is 2. The Morgan fingerprint density at radius 1 is 1.71 bits per heavy atom. The Morgan fingerprint density at radius 3 is 2.82 bits per heavy atom. The van der Waals surface area contributed by atoms with E-state index in [1.807, 2.05) is 6.07 Å². The van der Waals surface area contributed by atoms with Gasteiger partial charge in [0.25, 0.3) is 0 Å². The van der Waals surface area contributed by atoms with E-state index in [4.69, 9.17) is 10.4 Å². The zero-order valence-electron chi connectivity index (χ0n) is 9.38. The predicted octanol–water partition coefficient (Wildman–Crippen LogP) is -0.000900. The third kappa shape index (κ3) is 3.24. The van der Waals surface area contributed by atoms with Crippen molar-refractivity contribution in [1.82, 2.24) is 15.2 Å². The number of aryl methyl sites for hydroxylation is 1. The van der Waals surface area contributed by atoms with Gasteiger partial charge in [-0.3, -0.25) is 9.89 Å². The average Bonchev–Trinajstić information content (AvgIpc) is 2.69. The van der Waals surface area contributed by atoms with Crippen LogP contribution in [0.15, 0.2) is 0 Å². The van der Waals surface area contributed by atoms with Crippen LogP contribution in [0.25, 0.3) is 0 Å². The molecule has 8 heteroatoms. The fraction of sp³-hybridized carbons (Fsp3) is 0.556. The molecule has 0 radical (unpaired) electrons. The van der Waals surface area contributed by atoms with Gasteiger partial charge >= 0.3 is 5.97 Å². The number of hydrogen-bond acceptors (Lipinski definition) is 6. The molecule has 17 heavy (non-hydrogen) atoms. The first-order valence-electron chi connectivity index (χ1n) is 4.77. The van der Waals surface area contributed by atoms with Crippen molar-refractivity contribution in [2.45, 2.75) is 12.8 Å². The van der Waals surface area contributed by atoms with Crippen molar-refractivity contribution in [3.63, 3.8) is 0 Å². The Kier molecular flexibility index (Phi) is 4.56. The van der Waals surface area contributed by atoms with Crippen molar-refractivity contribution in [2.24, 2.45) is 5.92 Å². The largest absolute Gasteiger partial charge is 0.481 e. The van der Waals surface area contributed by atoms with Crippen LogP contribution in [0.2, 0.25) is 0 Å². The molecule has 8 nitrogen and oxygen atoms in total. The van der Waals surface area contributed by atoms with Gasteiger partial charge in [-0.15, -0.1) is 0 Å². The summed E-state index contributed by atoms with van der Waals surface area (Å²) in [6.45, 7) is 1.47. The first-order chi connectivity index (χ1) is 8.10. The van der Waals surface area contributed by atoms with Gasteiger partial charge in [-0.05, 0) is 6.92 Å². The van der Waals surface area contributed by atoms with Crippen molar-refractivity contribution in [1.29, 1.82) is 5.26 Å². The van der Waals surface area contributed by atoms with Crippen LogP contribution in [0.3, 0.4) is 0 Å². The molecular formula is C9H12N4O4. The molecule has 0 aliphatic carbocycles. The second-order valence-corrected chi connectivity index (χ2v) is 3.28. The lowest BCUT2D eigenvalue weighted by Crippen LogP contribution is -2.25. The lowest BCUT2D eigenvalue weighted by Gasteiger charge is -2.13. The summed E-state index contributed by atoms with van der Waals surface area (Å²) in [6, 6.07) is 1.85. The summed E-state index contributed by atoms with van der Waals surface area (Å²) in [5, 5.41) is 24.3. The minimum Gasteiger partial charge on any atom is -0.481 e. The fourth-order valence-corrected chi connectivity index (χ4v) is 1.31. The van der Waals surface area contributed by atoms with E-state index in [0.29, 0.717) is 5.82 Å². The molecule has 0 saturated heterocycles. The van der Waals surface area contributed by atoms with Crippen LogP contribution in [-0.2, 0) is 14.6 Å². The summed E-state index contributed by atoms with van der Waals surface area (Å²) in [7, 11) is 1.28. The van der Waals surface area contributed by atoms with Crippen LogP contribution in [-0.4, -0.2) is 40.0 Å². The molecule has 0 aliphatic heterocycles. The molecule has 2 atom stereocenters. The predicted molar refractivity (Wildman–Crippen MR) is 53.6 cm³/mol. The highest BCUT2D eigenvalue weighted by molar-refractivity contribution is 5.75. The SMILES string of the molecule is COOCC(C#N)C(C(=O)O)c1n[nH]c(C)n1. The van der Waals surface area contributed by atoms with Crippen molar-refractivity contribution < 1.29 is 19.7 Å². The number of nitrogens with zero attached hydrogens (tertiary/aromatic N) is 3. The molecule has 0 amide bonds. The molecule has 0 saturated carbocycles. The van der Waals surface area contributed by atoms with E-state index in [0.717, 1.165) is 0 Å². The molecule has 0 aromatic carbocycles. The van der Waals surface area contributed by atoms with Gasteiger partial charge in [0.1, 0.15) is 11.7 Å². The molecule has 1 rings (SSSR count). The number of aliphatic carboxylic acids is 1. The lowest BCUT2D eigenvalue weighted by atomic mass is 9.94. The molecule has 0 bridgehead atoms. The molecule has 0 fully saturated rings. The van der Waals surface area contributed by atoms with Crippen LogP contribution < -0.4 is 0 Å². The zero-order valence-corrected chi connectivity index (χ0v) is 9.38. The van der Waals surface area contributed by atoms with E-state index in [1.54, 1.807) is 6.92 Å².